The van der Waals surface area contributed by atoms with Gasteiger partial charge in [-0.15, -0.1) is 0 Å². The number of fused-ring (bicyclic) bond motifs is 1. The predicted octanol–water partition coefficient (Wildman–Crippen LogP) is 5.10. The number of halogens is 1. The Morgan fingerprint density at radius 2 is 1.86 bits per heavy atom. The molecule has 2 heterocycles. The van der Waals surface area contributed by atoms with E-state index in [1.165, 1.54) is 31.4 Å². The number of amides is 1. The summed E-state index contributed by atoms with van der Waals surface area (Å²) in [5.74, 6) is 0.311. The molecule has 7 heteroatoms. The fourth-order valence-electron chi connectivity index (χ4n) is 3.94. The summed E-state index contributed by atoms with van der Waals surface area (Å²) in [4.78, 5) is 16.3. The first-order chi connectivity index (χ1) is 13.8. The number of nitrogens with one attached hydrogen (secondary N) is 3. The average Bonchev–Trinajstić information content (AvgIpc) is 3.24. The first kappa shape index (κ1) is 19.5. The van der Waals surface area contributed by atoms with Crippen molar-refractivity contribution in [2.45, 2.75) is 64.3 Å². The van der Waals surface area contributed by atoms with Crippen LogP contribution in [-0.4, -0.2) is 26.5 Å². The van der Waals surface area contributed by atoms with Gasteiger partial charge in [-0.25, -0.2) is 4.39 Å². The Hall–Kier alpha value is -2.83. The van der Waals surface area contributed by atoms with E-state index in [0.717, 1.165) is 24.4 Å². The molecule has 0 saturated heterocycles. The molecule has 1 fully saturated rings. The highest BCUT2D eigenvalue weighted by molar-refractivity contribution is 6.08. The topological polar surface area (TPSA) is 74.2 Å². The second-order valence-corrected chi connectivity index (χ2v) is 8.86. The molecule has 0 radical (unpaired) electrons. The number of rotatable bonds is 4. The van der Waals surface area contributed by atoms with E-state index >= 15 is 0 Å². The summed E-state index contributed by atoms with van der Waals surface area (Å²) in [5, 5.41) is 11.0. The molecule has 1 aliphatic rings. The number of carbonyl (C=O) groups excluding carboxylic acids is 1. The molecule has 0 bridgehead atoms. The Kier molecular flexibility index (Phi) is 5.06. The zero-order valence-corrected chi connectivity index (χ0v) is 17.2. The Bertz CT molecular complexity index is 1010. The van der Waals surface area contributed by atoms with Gasteiger partial charge in [0.15, 0.2) is 0 Å². The molecular weight excluding hydrogens is 369 g/mol. The van der Waals surface area contributed by atoms with Crippen LogP contribution in [0.5, 0.6) is 0 Å². The van der Waals surface area contributed by atoms with Crippen LogP contribution in [0.3, 0.4) is 0 Å². The molecule has 6 nitrogen and oxygen atoms in total. The van der Waals surface area contributed by atoms with Gasteiger partial charge in [-0.2, -0.15) is 9.61 Å². The summed E-state index contributed by atoms with van der Waals surface area (Å²) in [6.45, 7) is 6.42. The average molecular weight is 397 g/mol. The highest BCUT2D eigenvalue weighted by atomic mass is 19.1. The van der Waals surface area contributed by atoms with Gasteiger partial charge >= 0.3 is 0 Å². The molecule has 3 aromatic rings. The third-order valence-electron chi connectivity index (χ3n) is 5.50. The van der Waals surface area contributed by atoms with E-state index in [1.54, 1.807) is 22.8 Å². The Balaban J connectivity index is 1.67. The molecule has 1 aliphatic carbocycles. The van der Waals surface area contributed by atoms with Crippen molar-refractivity contribution in [3.8, 4) is 0 Å². The zero-order chi connectivity index (χ0) is 20.6. The quantitative estimate of drug-likeness (QED) is 0.574. The molecule has 1 saturated carbocycles. The number of anilines is 2. The lowest BCUT2D eigenvalue weighted by atomic mass is 9.91. The minimum atomic E-state index is -0.339. The highest BCUT2D eigenvalue weighted by Gasteiger charge is 2.28. The van der Waals surface area contributed by atoms with Gasteiger partial charge in [0.2, 0.25) is 0 Å². The molecule has 0 spiro atoms. The van der Waals surface area contributed by atoms with Crippen LogP contribution in [0.4, 0.5) is 15.9 Å². The summed E-state index contributed by atoms with van der Waals surface area (Å²) >= 11 is 0. The third-order valence-corrected chi connectivity index (χ3v) is 5.50. The van der Waals surface area contributed by atoms with Gasteiger partial charge in [-0.3, -0.25) is 4.79 Å². The number of imidazole rings is 1. The van der Waals surface area contributed by atoms with Crippen LogP contribution < -0.4 is 10.6 Å². The molecule has 2 aromatic heterocycles. The molecule has 0 atom stereocenters. The van der Waals surface area contributed by atoms with E-state index in [0.29, 0.717) is 22.9 Å². The van der Waals surface area contributed by atoms with Crippen molar-refractivity contribution in [2.75, 3.05) is 10.6 Å². The second kappa shape index (κ2) is 7.54. The number of H-pyrrole nitrogens is 1. The summed E-state index contributed by atoms with van der Waals surface area (Å²) < 4.78 is 14.9. The summed E-state index contributed by atoms with van der Waals surface area (Å²) in [7, 11) is 0. The van der Waals surface area contributed by atoms with Crippen molar-refractivity contribution in [1.82, 2.24) is 14.6 Å². The van der Waals surface area contributed by atoms with Gasteiger partial charge in [-0.05, 0) is 37.1 Å². The van der Waals surface area contributed by atoms with Crippen LogP contribution in [0.15, 0.2) is 30.5 Å². The minimum absolute atomic E-state index is 0.137. The van der Waals surface area contributed by atoms with Gasteiger partial charge in [0.05, 0.1) is 11.9 Å². The second-order valence-electron chi connectivity index (χ2n) is 8.86. The zero-order valence-electron chi connectivity index (χ0n) is 17.2. The van der Waals surface area contributed by atoms with E-state index in [2.05, 4.69) is 41.5 Å². The lowest BCUT2D eigenvalue weighted by Gasteiger charge is -2.26. The van der Waals surface area contributed by atoms with Gasteiger partial charge < -0.3 is 15.6 Å². The molecular formula is C22H28FN5O. The fourth-order valence-corrected chi connectivity index (χ4v) is 3.94. The SMILES string of the molecule is CC(C)(C)c1[nH]c2c(C(=O)Nc3ccc(F)cc3)cnn2c1NC1CCCCC1. The van der Waals surface area contributed by atoms with E-state index < -0.39 is 0 Å². The lowest BCUT2D eigenvalue weighted by Crippen LogP contribution is -2.25. The molecule has 1 aromatic carbocycles. The Morgan fingerprint density at radius 3 is 2.52 bits per heavy atom. The van der Waals surface area contributed by atoms with E-state index in [1.807, 2.05) is 0 Å². The number of benzene rings is 1. The van der Waals surface area contributed by atoms with Gasteiger partial charge in [0, 0.05) is 17.1 Å². The largest absolute Gasteiger partial charge is 0.366 e. The van der Waals surface area contributed by atoms with Crippen molar-refractivity contribution in [3.05, 3.63) is 47.5 Å². The standard InChI is InChI=1S/C22H28FN5O/c1-22(2,3)18-20(25-15-7-5-4-6-8-15)28-19(27-18)17(13-24-28)21(29)26-16-11-9-14(23)10-12-16/h9-13,15,25,27H,4-8H2,1-3H3,(H,26,29). The number of hydrogen-bond donors (Lipinski definition) is 3. The van der Waals surface area contributed by atoms with Crippen LogP contribution in [0.2, 0.25) is 0 Å². The first-order valence-electron chi connectivity index (χ1n) is 10.3. The highest BCUT2D eigenvalue weighted by Crippen LogP contribution is 2.33. The lowest BCUT2D eigenvalue weighted by molar-refractivity contribution is 0.102. The molecule has 154 valence electrons. The Morgan fingerprint density at radius 1 is 1.17 bits per heavy atom. The predicted molar refractivity (Wildman–Crippen MR) is 113 cm³/mol. The number of nitrogens with zero attached hydrogens (tertiary/aromatic N) is 2. The van der Waals surface area contributed by atoms with Crippen molar-refractivity contribution < 1.29 is 9.18 Å². The van der Waals surface area contributed by atoms with Crippen LogP contribution in [-0.2, 0) is 5.41 Å². The van der Waals surface area contributed by atoms with Gasteiger partial charge in [0.1, 0.15) is 22.8 Å². The molecule has 0 unspecified atom stereocenters. The van der Waals surface area contributed by atoms with Crippen molar-refractivity contribution in [2.24, 2.45) is 0 Å². The molecule has 29 heavy (non-hydrogen) atoms. The number of aromatic nitrogens is 3. The van der Waals surface area contributed by atoms with E-state index in [4.69, 9.17) is 0 Å². The molecule has 1 amide bonds. The Labute approximate surface area is 169 Å². The summed E-state index contributed by atoms with van der Waals surface area (Å²) in [6.07, 6.45) is 7.64. The molecule has 0 aliphatic heterocycles. The number of carbonyl (C=O) groups is 1. The van der Waals surface area contributed by atoms with Crippen LogP contribution in [0, 0.1) is 5.82 Å². The maximum Gasteiger partial charge on any atom is 0.261 e. The maximum atomic E-state index is 13.1. The number of aromatic amines is 1. The molecule has 3 N–H and O–H groups in total. The van der Waals surface area contributed by atoms with Crippen molar-refractivity contribution in [1.29, 1.82) is 0 Å². The minimum Gasteiger partial charge on any atom is -0.366 e. The van der Waals surface area contributed by atoms with Gasteiger partial charge in [0.25, 0.3) is 5.91 Å². The van der Waals surface area contributed by atoms with Crippen LogP contribution in [0.1, 0.15) is 68.9 Å². The van der Waals surface area contributed by atoms with Crippen molar-refractivity contribution in [3.63, 3.8) is 0 Å². The summed E-state index contributed by atoms with van der Waals surface area (Å²) in [5.41, 5.74) is 2.55. The number of hydrogen-bond acceptors (Lipinski definition) is 3. The van der Waals surface area contributed by atoms with Gasteiger partial charge in [-0.1, -0.05) is 40.0 Å². The first-order valence-corrected chi connectivity index (χ1v) is 10.3. The summed E-state index contributed by atoms with van der Waals surface area (Å²) in [6, 6.07) is 6.15. The molecule has 4 rings (SSSR count). The normalized spacial score (nSPS) is 15.6. The maximum absolute atomic E-state index is 13.1. The monoisotopic (exact) mass is 397 g/mol. The smallest absolute Gasteiger partial charge is 0.261 e. The third kappa shape index (κ3) is 3.99. The van der Waals surface area contributed by atoms with Crippen LogP contribution >= 0.6 is 0 Å². The van der Waals surface area contributed by atoms with E-state index in [-0.39, 0.29) is 17.1 Å². The van der Waals surface area contributed by atoms with Crippen LogP contribution in [0.25, 0.3) is 5.65 Å². The van der Waals surface area contributed by atoms with Crippen molar-refractivity contribution >= 4 is 23.1 Å². The fraction of sp³-hybridized carbons (Fsp3) is 0.455. The van der Waals surface area contributed by atoms with E-state index in [9.17, 15) is 9.18 Å².